The van der Waals surface area contributed by atoms with E-state index in [-0.39, 0.29) is 37.4 Å². The van der Waals surface area contributed by atoms with Crippen molar-refractivity contribution < 1.29 is 24.2 Å². The molecule has 1 spiro atoms. The number of nitrogens with zero attached hydrogens (tertiary/aromatic N) is 3. The Bertz CT molecular complexity index is 1420. The third-order valence-corrected chi connectivity index (χ3v) is 10.1. The molecular weight excluding hydrogens is 566 g/mol. The van der Waals surface area contributed by atoms with Crippen LogP contribution in [0.1, 0.15) is 52.5 Å². The van der Waals surface area contributed by atoms with Crippen LogP contribution in [0.15, 0.2) is 86.0 Å². The molecule has 5 rings (SSSR count). The van der Waals surface area contributed by atoms with Gasteiger partial charge in [-0.1, -0.05) is 67.6 Å². The molecule has 3 aliphatic heterocycles. The van der Waals surface area contributed by atoms with Crippen LogP contribution < -0.4 is 4.90 Å². The van der Waals surface area contributed by atoms with Gasteiger partial charge in [0, 0.05) is 24.3 Å². The van der Waals surface area contributed by atoms with Crippen LogP contribution in [-0.4, -0.2) is 81.1 Å². The largest absolute Gasteiger partial charge is 0.394 e. The van der Waals surface area contributed by atoms with E-state index in [2.05, 4.69) is 13.2 Å². The van der Waals surface area contributed by atoms with Gasteiger partial charge in [-0.3, -0.25) is 14.4 Å². The summed E-state index contributed by atoms with van der Waals surface area (Å²) in [5, 5.41) is 10.8. The average Bonchev–Trinajstić information content (AvgIpc) is 3.64. The SMILES string of the molecule is C=CCN(C(=O)[C@@H]1[C@H]2C(=O)N([C@@H](CO)Cc3ccccc3)C(C(=O)N(CC=C)C(C)(C)C)C23CC[C@@]1(CC)O3)c1ccccc1. The predicted octanol–water partition coefficient (Wildman–Crippen LogP) is 4.78. The first-order valence-electron chi connectivity index (χ1n) is 16.1. The van der Waals surface area contributed by atoms with Crippen LogP contribution in [0.25, 0.3) is 0 Å². The molecule has 2 bridgehead atoms. The van der Waals surface area contributed by atoms with Crippen LogP contribution in [0.2, 0.25) is 0 Å². The van der Waals surface area contributed by atoms with Gasteiger partial charge in [0.1, 0.15) is 11.6 Å². The van der Waals surface area contributed by atoms with Crippen LogP contribution in [-0.2, 0) is 25.5 Å². The van der Waals surface area contributed by atoms with Crippen LogP contribution in [0.3, 0.4) is 0 Å². The molecule has 3 heterocycles. The summed E-state index contributed by atoms with van der Waals surface area (Å²) in [7, 11) is 0. The molecule has 0 aromatic heterocycles. The van der Waals surface area contributed by atoms with Crippen molar-refractivity contribution in [1.29, 1.82) is 0 Å². The van der Waals surface area contributed by atoms with E-state index in [4.69, 9.17) is 4.74 Å². The molecule has 240 valence electrons. The van der Waals surface area contributed by atoms with Crippen molar-refractivity contribution in [3.05, 3.63) is 91.5 Å². The Labute approximate surface area is 267 Å². The van der Waals surface area contributed by atoms with E-state index in [1.54, 1.807) is 26.9 Å². The zero-order valence-corrected chi connectivity index (χ0v) is 27.0. The van der Waals surface area contributed by atoms with Crippen molar-refractivity contribution in [2.45, 2.75) is 82.2 Å². The number of ether oxygens (including phenoxy) is 1. The molecule has 1 N–H and O–H groups in total. The van der Waals surface area contributed by atoms with E-state index in [0.29, 0.717) is 31.4 Å². The highest BCUT2D eigenvalue weighted by atomic mass is 16.5. The third-order valence-electron chi connectivity index (χ3n) is 10.1. The fourth-order valence-electron chi connectivity index (χ4n) is 8.04. The number of aliphatic hydroxyl groups excluding tert-OH is 1. The number of benzene rings is 2. The number of carbonyl (C=O) groups is 3. The number of rotatable bonds is 12. The number of likely N-dealkylation sites (tertiary alicyclic amines) is 1. The summed E-state index contributed by atoms with van der Waals surface area (Å²) >= 11 is 0. The lowest BCUT2D eigenvalue weighted by molar-refractivity contribution is -0.158. The normalized spacial score (nSPS) is 27.6. The molecule has 0 aliphatic carbocycles. The topological polar surface area (TPSA) is 90.4 Å². The molecule has 3 fully saturated rings. The highest BCUT2D eigenvalue weighted by Crippen LogP contribution is 2.65. The summed E-state index contributed by atoms with van der Waals surface area (Å²) in [6.45, 7) is 15.9. The Morgan fingerprint density at radius 3 is 2.20 bits per heavy atom. The van der Waals surface area contributed by atoms with Gasteiger partial charge in [0.2, 0.25) is 17.7 Å². The number of aliphatic hydroxyl groups is 1. The lowest BCUT2D eigenvalue weighted by Gasteiger charge is -2.43. The highest BCUT2D eigenvalue weighted by molar-refractivity contribution is 6.03. The van der Waals surface area contributed by atoms with Gasteiger partial charge >= 0.3 is 0 Å². The second kappa shape index (κ2) is 12.6. The molecule has 2 aromatic rings. The maximum Gasteiger partial charge on any atom is 0.249 e. The number of amides is 3. The van der Waals surface area contributed by atoms with Crippen LogP contribution >= 0.6 is 0 Å². The van der Waals surface area contributed by atoms with Gasteiger partial charge in [-0.25, -0.2) is 0 Å². The zero-order valence-electron chi connectivity index (χ0n) is 27.0. The summed E-state index contributed by atoms with van der Waals surface area (Å²) < 4.78 is 7.05. The summed E-state index contributed by atoms with van der Waals surface area (Å²) in [4.78, 5) is 49.6. The first-order chi connectivity index (χ1) is 21.5. The van der Waals surface area contributed by atoms with Gasteiger partial charge in [-0.2, -0.15) is 0 Å². The molecule has 3 saturated heterocycles. The molecule has 45 heavy (non-hydrogen) atoms. The Hall–Kier alpha value is -3.75. The Kier molecular flexibility index (Phi) is 9.11. The first kappa shape index (κ1) is 32.6. The van der Waals surface area contributed by atoms with Crippen LogP contribution in [0.5, 0.6) is 0 Å². The van der Waals surface area contributed by atoms with Gasteiger partial charge in [-0.15, -0.1) is 13.2 Å². The molecular formula is C37H47N3O5. The second-order valence-electron chi connectivity index (χ2n) is 13.6. The van der Waals surface area contributed by atoms with Crippen molar-refractivity contribution >= 4 is 23.4 Å². The second-order valence-corrected chi connectivity index (χ2v) is 13.6. The van der Waals surface area contributed by atoms with Gasteiger partial charge in [-0.05, 0) is 64.2 Å². The molecule has 6 atom stereocenters. The molecule has 3 aliphatic rings. The molecule has 0 saturated carbocycles. The number of hydrogen-bond donors (Lipinski definition) is 1. The molecule has 3 amide bonds. The minimum atomic E-state index is -1.21. The molecule has 2 unspecified atom stereocenters. The Balaban J connectivity index is 1.66. The van der Waals surface area contributed by atoms with Crippen molar-refractivity contribution in [3.63, 3.8) is 0 Å². The van der Waals surface area contributed by atoms with E-state index in [9.17, 15) is 19.5 Å². The smallest absolute Gasteiger partial charge is 0.249 e. The van der Waals surface area contributed by atoms with Crippen molar-refractivity contribution in [2.75, 3.05) is 24.6 Å². The van der Waals surface area contributed by atoms with Crippen molar-refractivity contribution in [3.8, 4) is 0 Å². The van der Waals surface area contributed by atoms with Crippen molar-refractivity contribution in [1.82, 2.24) is 9.80 Å². The minimum Gasteiger partial charge on any atom is -0.394 e. The summed E-state index contributed by atoms with van der Waals surface area (Å²) in [5.74, 6) is -2.45. The van der Waals surface area contributed by atoms with Gasteiger partial charge in [0.25, 0.3) is 0 Å². The molecule has 0 radical (unpaired) electrons. The number of para-hydroxylation sites is 1. The zero-order chi connectivity index (χ0) is 32.6. The van der Waals surface area contributed by atoms with E-state index >= 15 is 0 Å². The molecule has 2 aromatic carbocycles. The maximum atomic E-state index is 15.0. The molecule has 8 heteroatoms. The predicted molar refractivity (Wildman–Crippen MR) is 175 cm³/mol. The van der Waals surface area contributed by atoms with E-state index in [1.165, 1.54) is 0 Å². The van der Waals surface area contributed by atoms with Gasteiger partial charge in [0.15, 0.2) is 0 Å². The van der Waals surface area contributed by atoms with E-state index in [1.807, 2.05) is 88.4 Å². The summed E-state index contributed by atoms with van der Waals surface area (Å²) in [5.41, 5.74) is -1.04. The minimum absolute atomic E-state index is 0.210. The Morgan fingerprint density at radius 1 is 1.02 bits per heavy atom. The third kappa shape index (κ3) is 5.42. The van der Waals surface area contributed by atoms with Crippen LogP contribution in [0.4, 0.5) is 5.69 Å². The number of carbonyl (C=O) groups excluding carboxylic acids is 3. The Morgan fingerprint density at radius 2 is 1.64 bits per heavy atom. The van der Waals surface area contributed by atoms with Gasteiger partial charge in [0.05, 0.1) is 30.1 Å². The fourth-order valence-corrected chi connectivity index (χ4v) is 8.04. The van der Waals surface area contributed by atoms with Crippen molar-refractivity contribution in [2.24, 2.45) is 11.8 Å². The first-order valence-corrected chi connectivity index (χ1v) is 16.1. The average molecular weight is 614 g/mol. The maximum absolute atomic E-state index is 15.0. The fraction of sp³-hybridized carbons (Fsp3) is 0.486. The lowest BCUT2D eigenvalue weighted by atomic mass is 9.64. The number of anilines is 1. The van der Waals surface area contributed by atoms with Gasteiger partial charge < -0.3 is 24.5 Å². The number of hydrogen-bond acceptors (Lipinski definition) is 5. The summed E-state index contributed by atoms with van der Waals surface area (Å²) in [6, 6.07) is 17.3. The molecule has 8 nitrogen and oxygen atoms in total. The summed E-state index contributed by atoms with van der Waals surface area (Å²) in [6.07, 6.45) is 5.27. The van der Waals surface area contributed by atoms with Crippen LogP contribution in [0, 0.1) is 11.8 Å². The quantitative estimate of drug-likeness (QED) is 0.348. The van der Waals surface area contributed by atoms with E-state index in [0.717, 1.165) is 5.56 Å². The lowest BCUT2D eigenvalue weighted by Crippen LogP contribution is -2.62. The van der Waals surface area contributed by atoms with E-state index < -0.39 is 40.7 Å². The highest BCUT2D eigenvalue weighted by Gasteiger charge is 2.79. The monoisotopic (exact) mass is 613 g/mol. The standard InChI is InChI=1S/C37H47N3O5/c1-7-22-38(27-18-14-11-15-19-27)32(42)29-30-33(43)40(28(25-41)24-26-16-12-10-13-17-26)31(34(44)39(23-8-2)35(4,5)6)37(30)21-20-36(29,9-3)45-37/h7-8,10-19,28-31,41H,1-2,9,20-25H2,3-6H3/t28-,29+,30+,31?,36-,37?/m1/s1. The number of fused-ring (bicyclic) bond motifs is 1.